The lowest BCUT2D eigenvalue weighted by atomic mass is 9.96. The molecular weight excluding hydrogens is 404 g/mol. The van der Waals surface area contributed by atoms with Gasteiger partial charge in [0.25, 0.3) is 15.9 Å². The van der Waals surface area contributed by atoms with Crippen LogP contribution in [-0.4, -0.2) is 38.2 Å². The van der Waals surface area contributed by atoms with E-state index in [4.69, 9.17) is 4.74 Å². The Balaban J connectivity index is 1.68. The third-order valence-electron chi connectivity index (χ3n) is 5.01. The summed E-state index contributed by atoms with van der Waals surface area (Å²) in [6.45, 7) is 3.93. The molecule has 2 amide bonds. The highest BCUT2D eigenvalue weighted by atomic mass is 32.2. The van der Waals surface area contributed by atoms with Gasteiger partial charge in [-0.1, -0.05) is 38.1 Å². The van der Waals surface area contributed by atoms with Crippen molar-refractivity contribution in [3.05, 3.63) is 59.7 Å². The molecular formula is C22H26N2O5S. The van der Waals surface area contributed by atoms with Crippen molar-refractivity contribution >= 4 is 21.8 Å². The Morgan fingerprint density at radius 3 is 2.37 bits per heavy atom. The zero-order valence-electron chi connectivity index (χ0n) is 17.3. The summed E-state index contributed by atoms with van der Waals surface area (Å²) in [6, 6.07) is 13.3. The van der Waals surface area contributed by atoms with Gasteiger partial charge >= 0.3 is 0 Å². The average molecular weight is 431 g/mol. The first-order chi connectivity index (χ1) is 14.2. The Hall–Kier alpha value is -2.87. The normalized spacial score (nSPS) is 15.7. The van der Waals surface area contributed by atoms with Gasteiger partial charge in [0.1, 0.15) is 10.6 Å². The van der Waals surface area contributed by atoms with E-state index in [1.165, 1.54) is 12.1 Å². The zero-order chi connectivity index (χ0) is 21.9. The van der Waals surface area contributed by atoms with Crippen molar-refractivity contribution < 1.29 is 22.7 Å². The first-order valence-electron chi connectivity index (χ1n) is 9.83. The second-order valence-corrected chi connectivity index (χ2v) is 9.48. The molecule has 2 aromatic carbocycles. The average Bonchev–Trinajstić information content (AvgIpc) is 2.91. The number of benzene rings is 2. The molecule has 1 N–H and O–H groups in total. The number of rotatable bonds is 8. The molecule has 1 aliphatic rings. The molecule has 0 aliphatic carbocycles. The van der Waals surface area contributed by atoms with Gasteiger partial charge in [-0.05, 0) is 42.2 Å². The quantitative estimate of drug-likeness (QED) is 0.695. The van der Waals surface area contributed by atoms with Gasteiger partial charge in [-0.15, -0.1) is 0 Å². The molecule has 1 atom stereocenters. The van der Waals surface area contributed by atoms with E-state index >= 15 is 0 Å². The lowest BCUT2D eigenvalue weighted by molar-refractivity contribution is -0.122. The lowest BCUT2D eigenvalue weighted by Crippen LogP contribution is -2.36. The minimum Gasteiger partial charge on any atom is -0.497 e. The summed E-state index contributed by atoms with van der Waals surface area (Å²) in [5, 5.41) is 2.98. The van der Waals surface area contributed by atoms with E-state index in [9.17, 15) is 18.0 Å². The van der Waals surface area contributed by atoms with Crippen LogP contribution in [0.2, 0.25) is 0 Å². The predicted molar refractivity (Wildman–Crippen MR) is 113 cm³/mol. The van der Waals surface area contributed by atoms with Crippen LogP contribution in [-0.2, 0) is 14.8 Å². The largest absolute Gasteiger partial charge is 0.497 e. The smallest absolute Gasteiger partial charge is 0.269 e. The molecule has 1 aliphatic heterocycles. The Bertz CT molecular complexity index is 1030. The van der Waals surface area contributed by atoms with Crippen LogP contribution >= 0.6 is 0 Å². The van der Waals surface area contributed by atoms with Crippen molar-refractivity contribution in [3.63, 3.8) is 0 Å². The Morgan fingerprint density at radius 1 is 1.10 bits per heavy atom. The monoisotopic (exact) mass is 430 g/mol. The molecule has 7 nitrogen and oxygen atoms in total. The molecule has 2 aromatic rings. The van der Waals surface area contributed by atoms with Crippen molar-refractivity contribution in [3.8, 4) is 5.75 Å². The highest BCUT2D eigenvalue weighted by Crippen LogP contribution is 2.30. The molecule has 0 spiro atoms. The van der Waals surface area contributed by atoms with Gasteiger partial charge in [0.05, 0.1) is 18.7 Å². The number of nitrogens with zero attached hydrogens (tertiary/aromatic N) is 1. The number of amides is 2. The number of hydrogen-bond donors (Lipinski definition) is 1. The Morgan fingerprint density at radius 2 is 1.77 bits per heavy atom. The summed E-state index contributed by atoms with van der Waals surface area (Å²) in [5.74, 6) is 0.167. The highest BCUT2D eigenvalue weighted by molar-refractivity contribution is 7.90. The van der Waals surface area contributed by atoms with E-state index in [2.05, 4.69) is 19.2 Å². The van der Waals surface area contributed by atoms with Crippen molar-refractivity contribution in [2.24, 2.45) is 5.92 Å². The van der Waals surface area contributed by atoms with E-state index in [1.807, 2.05) is 24.3 Å². The minimum absolute atomic E-state index is 0.00803. The van der Waals surface area contributed by atoms with Crippen molar-refractivity contribution in [2.45, 2.75) is 37.6 Å². The molecule has 0 saturated heterocycles. The molecule has 0 fully saturated rings. The van der Waals surface area contributed by atoms with Crippen LogP contribution < -0.4 is 10.1 Å². The van der Waals surface area contributed by atoms with Gasteiger partial charge < -0.3 is 10.1 Å². The number of hydrogen-bond acceptors (Lipinski definition) is 5. The van der Waals surface area contributed by atoms with E-state index in [0.29, 0.717) is 5.92 Å². The maximum Gasteiger partial charge on any atom is 0.269 e. The van der Waals surface area contributed by atoms with Crippen molar-refractivity contribution in [2.75, 3.05) is 13.7 Å². The summed E-state index contributed by atoms with van der Waals surface area (Å²) >= 11 is 0. The van der Waals surface area contributed by atoms with Crippen LogP contribution in [0.5, 0.6) is 5.75 Å². The SMILES string of the molecule is COc1ccc([C@@H](CC(C)C)NC(=O)CCN2C(=O)c3ccccc3S2(=O)=O)cc1. The molecule has 160 valence electrons. The standard InChI is InChI=1S/C22H26N2O5S/c1-15(2)14-19(16-8-10-17(29-3)11-9-16)23-21(25)12-13-24-22(26)18-6-4-5-7-20(18)30(24,27)28/h4-11,15,19H,12-14H2,1-3H3,(H,23,25)/t19-/m1/s1. The van der Waals surface area contributed by atoms with Gasteiger partial charge in [0.15, 0.2) is 0 Å². The topological polar surface area (TPSA) is 92.8 Å². The maximum absolute atomic E-state index is 12.6. The second-order valence-electron chi connectivity index (χ2n) is 7.65. The molecule has 0 bridgehead atoms. The predicted octanol–water partition coefficient (Wildman–Crippen LogP) is 3.13. The van der Waals surface area contributed by atoms with Gasteiger partial charge in [0, 0.05) is 13.0 Å². The van der Waals surface area contributed by atoms with Crippen LogP contribution in [0.25, 0.3) is 0 Å². The van der Waals surface area contributed by atoms with Crippen molar-refractivity contribution in [1.82, 2.24) is 9.62 Å². The van der Waals surface area contributed by atoms with E-state index in [1.54, 1.807) is 19.2 Å². The number of carbonyl (C=O) groups is 2. The van der Waals surface area contributed by atoms with E-state index < -0.39 is 15.9 Å². The maximum atomic E-state index is 12.6. The molecule has 0 unspecified atom stereocenters. The molecule has 0 aromatic heterocycles. The molecule has 0 saturated carbocycles. The number of methoxy groups -OCH3 is 1. The molecule has 1 heterocycles. The first-order valence-corrected chi connectivity index (χ1v) is 11.3. The summed E-state index contributed by atoms with van der Waals surface area (Å²) < 4.78 is 31.2. The first kappa shape index (κ1) is 21.8. The fourth-order valence-electron chi connectivity index (χ4n) is 3.51. The van der Waals surface area contributed by atoms with Gasteiger partial charge in [-0.25, -0.2) is 12.7 Å². The third-order valence-corrected chi connectivity index (χ3v) is 6.85. The van der Waals surface area contributed by atoms with E-state index in [0.717, 1.165) is 22.0 Å². The number of sulfonamides is 1. The number of ether oxygens (including phenoxy) is 1. The van der Waals surface area contributed by atoms with Crippen molar-refractivity contribution in [1.29, 1.82) is 0 Å². The van der Waals surface area contributed by atoms with Gasteiger partial charge in [-0.3, -0.25) is 9.59 Å². The van der Waals surface area contributed by atoms with Crippen LogP contribution in [0.15, 0.2) is 53.4 Å². The Labute approximate surface area is 177 Å². The minimum atomic E-state index is -3.91. The highest BCUT2D eigenvalue weighted by Gasteiger charge is 2.40. The van der Waals surface area contributed by atoms with Crippen LogP contribution in [0.4, 0.5) is 0 Å². The van der Waals surface area contributed by atoms with E-state index in [-0.39, 0.29) is 35.4 Å². The summed E-state index contributed by atoms with van der Waals surface area (Å²) in [7, 11) is -2.32. The third kappa shape index (κ3) is 4.48. The number of carbonyl (C=O) groups excluding carboxylic acids is 2. The molecule has 0 radical (unpaired) electrons. The fourth-order valence-corrected chi connectivity index (χ4v) is 5.08. The number of fused-ring (bicyclic) bond motifs is 1. The Kier molecular flexibility index (Phi) is 6.45. The summed E-state index contributed by atoms with van der Waals surface area (Å²) in [6.07, 6.45) is 0.619. The second kappa shape index (κ2) is 8.87. The van der Waals surface area contributed by atoms with Crippen LogP contribution in [0, 0.1) is 5.92 Å². The fraction of sp³-hybridized carbons (Fsp3) is 0.364. The molecule has 30 heavy (non-hydrogen) atoms. The molecule has 3 rings (SSSR count). The summed E-state index contributed by atoms with van der Waals surface area (Å²) in [5.41, 5.74) is 1.09. The lowest BCUT2D eigenvalue weighted by Gasteiger charge is -2.22. The van der Waals surface area contributed by atoms with Gasteiger partial charge in [-0.2, -0.15) is 0 Å². The number of nitrogens with one attached hydrogen (secondary N) is 1. The van der Waals surface area contributed by atoms with Gasteiger partial charge in [0.2, 0.25) is 5.91 Å². The summed E-state index contributed by atoms with van der Waals surface area (Å²) in [4.78, 5) is 25.1. The molecule has 8 heteroatoms. The van der Waals surface area contributed by atoms with Crippen LogP contribution in [0.3, 0.4) is 0 Å². The zero-order valence-corrected chi connectivity index (χ0v) is 18.1. The van der Waals surface area contributed by atoms with Crippen LogP contribution in [0.1, 0.15) is 48.7 Å².